The van der Waals surface area contributed by atoms with Gasteiger partial charge in [-0.3, -0.25) is 4.79 Å². The average molecular weight is 373 g/mol. The number of hydrogen-bond acceptors (Lipinski definition) is 4. The zero-order valence-corrected chi connectivity index (χ0v) is 14.5. The van der Waals surface area contributed by atoms with E-state index in [1.54, 1.807) is 24.3 Å². The van der Waals surface area contributed by atoms with Crippen molar-refractivity contribution in [2.24, 2.45) is 5.73 Å². The summed E-state index contributed by atoms with van der Waals surface area (Å²) >= 11 is 11.8. The summed E-state index contributed by atoms with van der Waals surface area (Å²) in [5.41, 5.74) is 6.36. The molecular formula is C15H14Cl2N2O3S. The van der Waals surface area contributed by atoms with E-state index in [2.05, 4.69) is 4.98 Å². The molecule has 122 valence electrons. The monoisotopic (exact) mass is 372 g/mol. The van der Waals surface area contributed by atoms with Crippen molar-refractivity contribution >= 4 is 38.9 Å². The SMILES string of the molecule is CCS(=O)(=O)c1ccc(Cc2ccc(Cl)c(Cl)c2)nc1C(N)=O. The van der Waals surface area contributed by atoms with E-state index in [4.69, 9.17) is 28.9 Å². The quantitative estimate of drug-likeness (QED) is 0.873. The Balaban J connectivity index is 2.44. The summed E-state index contributed by atoms with van der Waals surface area (Å²) in [5, 5.41) is 0.843. The Morgan fingerprint density at radius 2 is 1.87 bits per heavy atom. The lowest BCUT2D eigenvalue weighted by atomic mass is 10.1. The van der Waals surface area contributed by atoms with Crippen molar-refractivity contribution in [2.45, 2.75) is 18.2 Å². The number of amides is 1. The zero-order valence-electron chi connectivity index (χ0n) is 12.2. The van der Waals surface area contributed by atoms with Gasteiger partial charge in [-0.2, -0.15) is 0 Å². The highest BCUT2D eigenvalue weighted by Gasteiger charge is 2.21. The van der Waals surface area contributed by atoms with Crippen LogP contribution in [0.15, 0.2) is 35.2 Å². The van der Waals surface area contributed by atoms with Gasteiger partial charge in [-0.05, 0) is 29.8 Å². The fourth-order valence-corrected chi connectivity index (χ4v) is 3.37. The van der Waals surface area contributed by atoms with Gasteiger partial charge in [0.1, 0.15) is 5.69 Å². The normalized spacial score (nSPS) is 11.4. The molecule has 0 spiro atoms. The van der Waals surface area contributed by atoms with Crippen LogP contribution < -0.4 is 5.73 Å². The molecule has 0 radical (unpaired) electrons. The predicted octanol–water partition coefficient (Wildman–Crippen LogP) is 2.87. The second kappa shape index (κ2) is 6.86. The summed E-state index contributed by atoms with van der Waals surface area (Å²) in [6.45, 7) is 1.49. The molecule has 0 aliphatic rings. The van der Waals surface area contributed by atoms with Crippen molar-refractivity contribution in [1.82, 2.24) is 4.98 Å². The van der Waals surface area contributed by atoms with Crippen LogP contribution in [0.2, 0.25) is 10.0 Å². The molecule has 0 atom stereocenters. The predicted molar refractivity (Wildman–Crippen MR) is 89.7 cm³/mol. The minimum atomic E-state index is -3.58. The van der Waals surface area contributed by atoms with Crippen LogP contribution in [0.3, 0.4) is 0 Å². The van der Waals surface area contributed by atoms with Crippen molar-refractivity contribution < 1.29 is 13.2 Å². The fraction of sp³-hybridized carbons (Fsp3) is 0.200. The second-order valence-electron chi connectivity index (χ2n) is 4.84. The van der Waals surface area contributed by atoms with Gasteiger partial charge in [0.05, 0.1) is 20.7 Å². The Bertz CT molecular complexity index is 867. The molecule has 0 fully saturated rings. The first-order chi connectivity index (χ1) is 10.7. The summed E-state index contributed by atoms with van der Waals surface area (Å²) in [7, 11) is -3.58. The van der Waals surface area contributed by atoms with Crippen molar-refractivity contribution in [2.75, 3.05) is 5.75 Å². The Labute approximate surface area is 144 Å². The summed E-state index contributed by atoms with van der Waals surface area (Å²) in [4.78, 5) is 15.5. The number of halogens is 2. The molecule has 2 N–H and O–H groups in total. The molecule has 1 amide bonds. The first-order valence-electron chi connectivity index (χ1n) is 6.71. The van der Waals surface area contributed by atoms with Gasteiger partial charge < -0.3 is 5.73 Å². The van der Waals surface area contributed by atoms with Crippen LogP contribution >= 0.6 is 23.2 Å². The summed E-state index contributed by atoms with van der Waals surface area (Å²) in [5.74, 6) is -1.02. The Morgan fingerprint density at radius 3 is 2.43 bits per heavy atom. The smallest absolute Gasteiger partial charge is 0.268 e. The number of pyridine rings is 1. The first-order valence-corrected chi connectivity index (χ1v) is 9.12. The first kappa shape index (κ1) is 17.7. The molecule has 0 saturated heterocycles. The van der Waals surface area contributed by atoms with Crippen LogP contribution in [0.1, 0.15) is 28.7 Å². The lowest BCUT2D eigenvalue weighted by molar-refractivity contribution is 0.0992. The molecular weight excluding hydrogens is 359 g/mol. The van der Waals surface area contributed by atoms with Gasteiger partial charge in [-0.15, -0.1) is 0 Å². The maximum absolute atomic E-state index is 12.0. The van der Waals surface area contributed by atoms with Gasteiger partial charge in [-0.25, -0.2) is 13.4 Å². The van der Waals surface area contributed by atoms with E-state index in [0.717, 1.165) is 5.56 Å². The number of aromatic nitrogens is 1. The summed E-state index contributed by atoms with van der Waals surface area (Å²) in [6, 6.07) is 8.03. The Hall–Kier alpha value is -1.63. The standard InChI is InChI=1S/C15H14Cl2N2O3S/c1-2-23(21,22)13-6-4-10(19-14(13)15(18)20)7-9-3-5-11(16)12(17)8-9/h3-6,8H,2,7H2,1H3,(H2,18,20). The Kier molecular flexibility index (Phi) is 5.29. The van der Waals surface area contributed by atoms with Crippen LogP contribution in [-0.2, 0) is 16.3 Å². The van der Waals surface area contributed by atoms with Crippen LogP contribution in [-0.4, -0.2) is 25.1 Å². The van der Waals surface area contributed by atoms with Crippen LogP contribution in [0, 0.1) is 0 Å². The highest BCUT2D eigenvalue weighted by molar-refractivity contribution is 7.91. The molecule has 0 saturated carbocycles. The van der Waals surface area contributed by atoms with Gasteiger partial charge in [0.25, 0.3) is 5.91 Å². The van der Waals surface area contributed by atoms with Crippen LogP contribution in [0.4, 0.5) is 0 Å². The molecule has 0 aliphatic carbocycles. The molecule has 0 unspecified atom stereocenters. The minimum Gasteiger partial charge on any atom is -0.364 e. The van der Waals surface area contributed by atoms with E-state index in [1.807, 2.05) is 0 Å². The third kappa shape index (κ3) is 4.02. The topological polar surface area (TPSA) is 90.1 Å². The van der Waals surface area contributed by atoms with E-state index in [9.17, 15) is 13.2 Å². The molecule has 8 heteroatoms. The van der Waals surface area contributed by atoms with Crippen molar-refractivity contribution in [1.29, 1.82) is 0 Å². The third-order valence-corrected chi connectivity index (χ3v) is 5.73. The summed E-state index contributed by atoms with van der Waals surface area (Å²) in [6.07, 6.45) is 0.365. The number of carbonyl (C=O) groups is 1. The maximum atomic E-state index is 12.0. The highest BCUT2D eigenvalue weighted by atomic mass is 35.5. The molecule has 1 heterocycles. The van der Waals surface area contributed by atoms with E-state index >= 15 is 0 Å². The van der Waals surface area contributed by atoms with Crippen molar-refractivity contribution in [3.63, 3.8) is 0 Å². The molecule has 1 aromatic heterocycles. The van der Waals surface area contributed by atoms with E-state index in [-0.39, 0.29) is 16.3 Å². The average Bonchev–Trinajstić information content (AvgIpc) is 2.50. The number of rotatable bonds is 5. The summed E-state index contributed by atoms with van der Waals surface area (Å²) < 4.78 is 24.0. The number of carbonyl (C=O) groups excluding carboxylic acids is 1. The molecule has 0 bridgehead atoms. The number of nitrogens with two attached hydrogens (primary N) is 1. The fourth-order valence-electron chi connectivity index (χ4n) is 2.03. The maximum Gasteiger partial charge on any atom is 0.268 e. The van der Waals surface area contributed by atoms with Crippen molar-refractivity contribution in [3.05, 3.63) is 57.3 Å². The van der Waals surface area contributed by atoms with Gasteiger partial charge in [0.2, 0.25) is 0 Å². The minimum absolute atomic E-state index is 0.138. The third-order valence-electron chi connectivity index (χ3n) is 3.23. The van der Waals surface area contributed by atoms with Crippen molar-refractivity contribution in [3.8, 4) is 0 Å². The molecule has 23 heavy (non-hydrogen) atoms. The van der Waals surface area contributed by atoms with E-state index < -0.39 is 15.7 Å². The van der Waals surface area contributed by atoms with E-state index in [0.29, 0.717) is 22.2 Å². The lowest BCUT2D eigenvalue weighted by Gasteiger charge is -2.09. The number of benzene rings is 1. The largest absolute Gasteiger partial charge is 0.364 e. The van der Waals surface area contributed by atoms with Gasteiger partial charge in [0.15, 0.2) is 9.84 Å². The lowest BCUT2D eigenvalue weighted by Crippen LogP contribution is -2.20. The zero-order chi connectivity index (χ0) is 17.2. The number of nitrogens with zero attached hydrogens (tertiary/aromatic N) is 1. The van der Waals surface area contributed by atoms with E-state index in [1.165, 1.54) is 13.0 Å². The molecule has 2 rings (SSSR count). The van der Waals surface area contributed by atoms with Crippen LogP contribution in [0.5, 0.6) is 0 Å². The van der Waals surface area contributed by atoms with Crippen LogP contribution in [0.25, 0.3) is 0 Å². The molecule has 1 aromatic carbocycles. The second-order valence-corrected chi connectivity index (χ2v) is 7.90. The molecule has 2 aromatic rings. The molecule has 0 aliphatic heterocycles. The van der Waals surface area contributed by atoms with Gasteiger partial charge in [0, 0.05) is 12.1 Å². The Morgan fingerprint density at radius 1 is 1.17 bits per heavy atom. The van der Waals surface area contributed by atoms with Gasteiger partial charge in [-0.1, -0.05) is 36.2 Å². The number of sulfone groups is 1. The van der Waals surface area contributed by atoms with Gasteiger partial charge >= 0.3 is 0 Å². The number of primary amides is 1. The molecule has 5 nitrogen and oxygen atoms in total. The highest BCUT2D eigenvalue weighted by Crippen LogP contribution is 2.24. The number of hydrogen-bond donors (Lipinski definition) is 1.